The first-order valence-electron chi connectivity index (χ1n) is 15.2. The smallest absolute Gasteiger partial charge is 0.343 e. The zero-order chi connectivity index (χ0) is 32.7. The molecule has 15 heteroatoms. The third-order valence-corrected chi connectivity index (χ3v) is 9.35. The highest BCUT2D eigenvalue weighted by atomic mass is 35.5. The predicted molar refractivity (Wildman–Crippen MR) is 167 cm³/mol. The van der Waals surface area contributed by atoms with Crippen LogP contribution >= 0.6 is 11.6 Å². The van der Waals surface area contributed by atoms with Crippen molar-refractivity contribution in [1.29, 1.82) is 0 Å². The summed E-state index contributed by atoms with van der Waals surface area (Å²) in [6, 6.07) is 5.61. The summed E-state index contributed by atoms with van der Waals surface area (Å²) in [5.41, 5.74) is 2.08. The van der Waals surface area contributed by atoms with E-state index in [2.05, 4.69) is 25.5 Å². The van der Waals surface area contributed by atoms with Crippen LogP contribution in [0.25, 0.3) is 11.3 Å². The Balaban J connectivity index is 0.932. The first-order valence-corrected chi connectivity index (χ1v) is 15.6. The van der Waals surface area contributed by atoms with Gasteiger partial charge in [-0.2, -0.15) is 15.2 Å². The van der Waals surface area contributed by atoms with E-state index in [0.29, 0.717) is 73.5 Å². The van der Waals surface area contributed by atoms with Crippen LogP contribution in [-0.4, -0.2) is 73.3 Å². The van der Waals surface area contributed by atoms with E-state index >= 15 is 0 Å². The van der Waals surface area contributed by atoms with Gasteiger partial charge in [0.15, 0.2) is 11.3 Å². The fourth-order valence-corrected chi connectivity index (χ4v) is 6.71. The Morgan fingerprint density at radius 3 is 2.64 bits per heavy atom. The number of fused-ring (bicyclic) bond motifs is 2. The van der Waals surface area contributed by atoms with Crippen LogP contribution in [0, 0.1) is 11.2 Å². The van der Waals surface area contributed by atoms with Gasteiger partial charge in [0.1, 0.15) is 16.9 Å². The average molecular weight is 661 g/mol. The Kier molecular flexibility index (Phi) is 7.96. The van der Waals surface area contributed by atoms with Gasteiger partial charge in [0, 0.05) is 43.7 Å². The molecule has 4 aromatic heterocycles. The summed E-state index contributed by atoms with van der Waals surface area (Å²) in [7, 11) is 1.49. The molecule has 1 spiro atoms. The molecule has 2 aliphatic rings. The summed E-state index contributed by atoms with van der Waals surface area (Å²) in [4.78, 5) is 49.8. The summed E-state index contributed by atoms with van der Waals surface area (Å²) in [5.74, 6) is -0.938. The lowest BCUT2D eigenvalue weighted by molar-refractivity contribution is -0.127. The number of aromatic nitrogens is 6. The Bertz CT molecular complexity index is 2020. The monoisotopic (exact) mass is 660 g/mol. The minimum Gasteiger partial charge on any atom is -0.481 e. The Hall–Kier alpha value is -5.11. The van der Waals surface area contributed by atoms with Gasteiger partial charge in [-0.3, -0.25) is 9.59 Å². The molecule has 1 saturated carbocycles. The summed E-state index contributed by atoms with van der Waals surface area (Å²) >= 11 is 6.24. The number of carbonyl (C=O) groups excluding carboxylic acids is 3. The van der Waals surface area contributed by atoms with Crippen LogP contribution < -0.4 is 15.0 Å². The van der Waals surface area contributed by atoms with E-state index in [1.54, 1.807) is 35.6 Å². The van der Waals surface area contributed by atoms with Gasteiger partial charge >= 0.3 is 5.97 Å². The minimum absolute atomic E-state index is 0.00123. The molecule has 0 radical (unpaired) electrons. The number of amides is 2. The molecule has 2 fully saturated rings. The highest BCUT2D eigenvalue weighted by molar-refractivity contribution is 6.34. The van der Waals surface area contributed by atoms with Gasteiger partial charge in [0.25, 0.3) is 5.91 Å². The fraction of sp³-hybridized carbons (Fsp3) is 0.344. The number of esters is 1. The topological polar surface area (TPSA) is 145 Å². The second-order valence-corrected chi connectivity index (χ2v) is 12.2. The molecule has 1 aromatic carbocycles. The minimum atomic E-state index is -0.562. The lowest BCUT2D eigenvalue weighted by Gasteiger charge is -2.36. The molecule has 0 bridgehead atoms. The van der Waals surface area contributed by atoms with Crippen molar-refractivity contribution in [2.24, 2.45) is 5.41 Å². The molecule has 5 aromatic rings. The Morgan fingerprint density at radius 1 is 1.06 bits per heavy atom. The quantitative estimate of drug-likeness (QED) is 0.244. The number of nitrogens with zero attached hydrogens (tertiary/aromatic N) is 7. The van der Waals surface area contributed by atoms with Gasteiger partial charge in [-0.1, -0.05) is 11.6 Å². The van der Waals surface area contributed by atoms with E-state index in [1.807, 2.05) is 0 Å². The molecule has 1 aliphatic carbocycles. The molecule has 7 rings (SSSR count). The van der Waals surface area contributed by atoms with Crippen molar-refractivity contribution in [2.75, 3.05) is 25.2 Å². The Morgan fingerprint density at radius 2 is 1.85 bits per heavy atom. The van der Waals surface area contributed by atoms with Crippen molar-refractivity contribution < 1.29 is 28.2 Å². The fourth-order valence-electron chi connectivity index (χ4n) is 6.44. The first-order chi connectivity index (χ1) is 22.7. The number of rotatable bonds is 8. The maximum absolute atomic E-state index is 13.5. The normalized spacial score (nSPS) is 19.5. The molecule has 13 nitrogen and oxygen atoms in total. The van der Waals surface area contributed by atoms with Crippen molar-refractivity contribution in [3.63, 3.8) is 0 Å². The molecular formula is C32H30ClFN8O5. The maximum atomic E-state index is 13.5. The van der Waals surface area contributed by atoms with Crippen molar-refractivity contribution in [3.05, 3.63) is 82.8 Å². The van der Waals surface area contributed by atoms with Crippen molar-refractivity contribution in [1.82, 2.24) is 34.5 Å². The van der Waals surface area contributed by atoms with E-state index in [1.165, 1.54) is 40.7 Å². The van der Waals surface area contributed by atoms with Crippen molar-refractivity contribution >= 4 is 46.4 Å². The van der Waals surface area contributed by atoms with Crippen molar-refractivity contribution in [3.8, 4) is 5.88 Å². The number of halogens is 2. The number of benzene rings is 1. The molecule has 1 saturated heterocycles. The SMILES string of the molecule is COc1ccn2ncc(C(=O)OCCc3cnc4c(C(=O)NC5CCC6(CC5)CCN(c5ccc(F)cc5Cl)C6=O)cnn4c3)c2n1. The van der Waals surface area contributed by atoms with Gasteiger partial charge in [-0.15, -0.1) is 0 Å². The van der Waals surface area contributed by atoms with Gasteiger partial charge in [0.2, 0.25) is 11.8 Å². The van der Waals surface area contributed by atoms with E-state index in [0.717, 1.165) is 5.56 Å². The van der Waals surface area contributed by atoms with Crippen molar-refractivity contribution in [2.45, 2.75) is 44.6 Å². The van der Waals surface area contributed by atoms with Crippen LogP contribution in [-0.2, 0) is 16.0 Å². The molecular weight excluding hydrogens is 631 g/mol. The lowest BCUT2D eigenvalue weighted by atomic mass is 9.71. The lowest BCUT2D eigenvalue weighted by Crippen LogP contribution is -2.43. The van der Waals surface area contributed by atoms with E-state index < -0.39 is 17.2 Å². The number of ether oxygens (including phenoxy) is 2. The molecule has 242 valence electrons. The Labute approximate surface area is 272 Å². The number of methoxy groups -OCH3 is 1. The number of hydrogen-bond donors (Lipinski definition) is 1. The van der Waals surface area contributed by atoms with Gasteiger partial charge < -0.3 is 19.7 Å². The summed E-state index contributed by atoms with van der Waals surface area (Å²) in [5, 5.41) is 11.7. The maximum Gasteiger partial charge on any atom is 0.343 e. The highest BCUT2D eigenvalue weighted by Gasteiger charge is 2.49. The first kappa shape index (κ1) is 30.5. The molecule has 5 heterocycles. The summed E-state index contributed by atoms with van der Waals surface area (Å²) in [6.07, 6.45) is 11.5. The zero-order valence-corrected chi connectivity index (χ0v) is 26.1. The van der Waals surface area contributed by atoms with Crippen LogP contribution in [0.4, 0.5) is 10.1 Å². The average Bonchev–Trinajstić information content (AvgIpc) is 3.78. The van der Waals surface area contributed by atoms with Crippen LogP contribution in [0.15, 0.2) is 55.2 Å². The standard InChI is InChI=1S/C32H30ClFN8O5/c1-46-26-6-11-41-28(39-26)23(17-36-41)30(44)47-13-7-19-15-35-27-22(16-37-42(27)18-19)29(43)38-21-4-8-32(9-5-21)10-12-40(31(32)45)25-3-2-20(34)14-24(25)33/h2-3,6,11,14-18,21H,4-5,7-10,12-13H2,1H3,(H,38,43). The van der Waals surface area contributed by atoms with E-state index in [9.17, 15) is 18.8 Å². The molecule has 2 amide bonds. The number of hydrogen-bond acceptors (Lipinski definition) is 9. The van der Waals surface area contributed by atoms with Crippen LogP contribution in [0.3, 0.4) is 0 Å². The number of nitrogens with one attached hydrogen (secondary N) is 1. The molecule has 1 aliphatic heterocycles. The van der Waals surface area contributed by atoms with Gasteiger partial charge in [-0.25, -0.2) is 23.2 Å². The predicted octanol–water partition coefficient (Wildman–Crippen LogP) is 4.07. The second-order valence-electron chi connectivity index (χ2n) is 11.8. The van der Waals surface area contributed by atoms with Gasteiger partial charge in [-0.05, 0) is 55.9 Å². The largest absolute Gasteiger partial charge is 0.481 e. The third kappa shape index (κ3) is 5.73. The molecule has 0 unspecified atom stereocenters. The molecule has 47 heavy (non-hydrogen) atoms. The van der Waals surface area contributed by atoms with Gasteiger partial charge in [0.05, 0.1) is 42.2 Å². The molecule has 1 N–H and O–H groups in total. The van der Waals surface area contributed by atoms with Crippen LogP contribution in [0.1, 0.15) is 58.4 Å². The summed E-state index contributed by atoms with van der Waals surface area (Å²) < 4.78 is 27.1. The summed E-state index contributed by atoms with van der Waals surface area (Å²) in [6.45, 7) is 0.608. The van der Waals surface area contributed by atoms with Crippen LogP contribution in [0.2, 0.25) is 5.02 Å². The van der Waals surface area contributed by atoms with Crippen LogP contribution in [0.5, 0.6) is 5.88 Å². The van der Waals surface area contributed by atoms with E-state index in [4.69, 9.17) is 21.1 Å². The second kappa shape index (κ2) is 12.2. The number of carbonyl (C=O) groups is 3. The third-order valence-electron chi connectivity index (χ3n) is 9.04. The molecule has 0 atom stereocenters. The zero-order valence-electron chi connectivity index (χ0n) is 25.4. The number of anilines is 1. The van der Waals surface area contributed by atoms with E-state index in [-0.39, 0.29) is 35.0 Å². The highest BCUT2D eigenvalue weighted by Crippen LogP contribution is 2.47.